The van der Waals surface area contributed by atoms with E-state index in [-0.39, 0.29) is 11.2 Å². The highest BCUT2D eigenvalue weighted by Crippen LogP contribution is 2.28. The normalized spacial score (nSPS) is 12.0. The third kappa shape index (κ3) is 4.11. The lowest BCUT2D eigenvalue weighted by atomic mass is 10.2. The number of carbonyl (C=O) groups excluding carboxylic acids is 1. The van der Waals surface area contributed by atoms with Crippen molar-refractivity contribution in [3.05, 3.63) is 59.2 Å². The van der Waals surface area contributed by atoms with Crippen LogP contribution in [0.2, 0.25) is 0 Å². The fourth-order valence-electron chi connectivity index (χ4n) is 2.12. The van der Waals surface area contributed by atoms with E-state index in [1.54, 1.807) is 11.8 Å². The second kappa shape index (κ2) is 6.81. The van der Waals surface area contributed by atoms with Crippen molar-refractivity contribution in [1.82, 2.24) is 0 Å². The first-order valence-electron chi connectivity index (χ1n) is 7.08. The Labute approximate surface area is 131 Å². The number of aryl methyl sites for hydroxylation is 3. The first-order chi connectivity index (χ1) is 9.97. The van der Waals surface area contributed by atoms with Crippen molar-refractivity contribution in [2.45, 2.75) is 37.8 Å². The molecule has 0 aliphatic rings. The van der Waals surface area contributed by atoms with Crippen molar-refractivity contribution in [2.75, 3.05) is 5.32 Å². The topological polar surface area (TPSA) is 29.1 Å². The van der Waals surface area contributed by atoms with Crippen LogP contribution in [-0.4, -0.2) is 11.2 Å². The predicted molar refractivity (Wildman–Crippen MR) is 91.0 cm³/mol. The summed E-state index contributed by atoms with van der Waals surface area (Å²) in [5.41, 5.74) is 4.43. The molecule has 21 heavy (non-hydrogen) atoms. The van der Waals surface area contributed by atoms with Gasteiger partial charge in [0.25, 0.3) is 0 Å². The van der Waals surface area contributed by atoms with Gasteiger partial charge >= 0.3 is 0 Å². The second-order valence-corrected chi connectivity index (χ2v) is 6.72. The smallest absolute Gasteiger partial charge is 0.237 e. The molecule has 0 radical (unpaired) electrons. The summed E-state index contributed by atoms with van der Waals surface area (Å²) in [6.45, 7) is 8.10. The summed E-state index contributed by atoms with van der Waals surface area (Å²) in [6, 6.07) is 14.2. The maximum Gasteiger partial charge on any atom is 0.237 e. The molecular formula is C18H21NOS. The Balaban J connectivity index is 2.04. The number of benzene rings is 2. The minimum Gasteiger partial charge on any atom is -0.325 e. The number of hydrogen-bond acceptors (Lipinski definition) is 2. The lowest BCUT2D eigenvalue weighted by molar-refractivity contribution is -0.115. The van der Waals surface area contributed by atoms with Gasteiger partial charge in [0.2, 0.25) is 5.91 Å². The van der Waals surface area contributed by atoms with E-state index in [1.165, 1.54) is 11.1 Å². The monoisotopic (exact) mass is 299 g/mol. The predicted octanol–water partition coefficient (Wildman–Crippen LogP) is 4.73. The molecule has 2 nitrogen and oxygen atoms in total. The Bertz CT molecular complexity index is 651. The molecule has 110 valence electrons. The van der Waals surface area contributed by atoms with Crippen molar-refractivity contribution in [3.8, 4) is 0 Å². The molecule has 0 fully saturated rings. The van der Waals surface area contributed by atoms with E-state index < -0.39 is 0 Å². The lowest BCUT2D eigenvalue weighted by Crippen LogP contribution is -2.22. The van der Waals surface area contributed by atoms with Gasteiger partial charge in [-0.05, 0) is 51.0 Å². The molecule has 0 saturated carbocycles. The molecule has 2 aromatic rings. The van der Waals surface area contributed by atoms with E-state index in [2.05, 4.69) is 37.4 Å². The number of anilines is 1. The molecule has 0 aromatic heterocycles. The van der Waals surface area contributed by atoms with Gasteiger partial charge in [0.05, 0.1) is 5.25 Å². The van der Waals surface area contributed by atoms with Crippen LogP contribution in [0.1, 0.15) is 23.6 Å². The Morgan fingerprint density at radius 2 is 1.76 bits per heavy atom. The van der Waals surface area contributed by atoms with Crippen LogP contribution in [0.15, 0.2) is 47.4 Å². The maximum absolute atomic E-state index is 12.3. The fourth-order valence-corrected chi connectivity index (χ4v) is 3.06. The van der Waals surface area contributed by atoms with Gasteiger partial charge < -0.3 is 5.32 Å². The Morgan fingerprint density at radius 3 is 2.43 bits per heavy atom. The third-order valence-electron chi connectivity index (χ3n) is 3.41. The largest absolute Gasteiger partial charge is 0.325 e. The third-order valence-corrected chi connectivity index (χ3v) is 4.69. The molecular weight excluding hydrogens is 278 g/mol. The number of rotatable bonds is 4. The fraction of sp³-hybridized carbons (Fsp3) is 0.278. The first-order valence-corrected chi connectivity index (χ1v) is 7.96. The molecule has 1 atom stereocenters. The van der Waals surface area contributed by atoms with Crippen LogP contribution in [0.4, 0.5) is 5.69 Å². The zero-order valence-electron chi connectivity index (χ0n) is 12.9. The van der Waals surface area contributed by atoms with E-state index >= 15 is 0 Å². The van der Waals surface area contributed by atoms with Crippen molar-refractivity contribution < 1.29 is 4.79 Å². The number of carbonyl (C=O) groups is 1. The van der Waals surface area contributed by atoms with Gasteiger partial charge in [-0.2, -0.15) is 0 Å². The van der Waals surface area contributed by atoms with Gasteiger partial charge in [-0.25, -0.2) is 0 Å². The average Bonchev–Trinajstić information content (AvgIpc) is 2.44. The molecule has 0 spiro atoms. The zero-order chi connectivity index (χ0) is 15.4. The molecule has 2 aromatic carbocycles. The highest BCUT2D eigenvalue weighted by Gasteiger charge is 2.16. The second-order valence-electron chi connectivity index (χ2n) is 5.33. The van der Waals surface area contributed by atoms with Crippen molar-refractivity contribution in [2.24, 2.45) is 0 Å². The van der Waals surface area contributed by atoms with Crippen LogP contribution in [0.5, 0.6) is 0 Å². The Morgan fingerprint density at radius 1 is 1.05 bits per heavy atom. The van der Waals surface area contributed by atoms with Crippen LogP contribution >= 0.6 is 11.8 Å². The number of amides is 1. The summed E-state index contributed by atoms with van der Waals surface area (Å²) in [4.78, 5) is 13.5. The minimum absolute atomic E-state index is 0.0364. The summed E-state index contributed by atoms with van der Waals surface area (Å²) < 4.78 is 0. The van der Waals surface area contributed by atoms with Crippen LogP contribution in [0, 0.1) is 20.8 Å². The molecule has 3 heteroatoms. The van der Waals surface area contributed by atoms with Crippen LogP contribution in [-0.2, 0) is 4.79 Å². The number of thioether (sulfide) groups is 1. The van der Waals surface area contributed by atoms with E-state index in [9.17, 15) is 4.79 Å². The molecule has 0 aliphatic carbocycles. The Kier molecular flexibility index (Phi) is 5.07. The molecule has 2 rings (SSSR count). The number of hydrogen-bond donors (Lipinski definition) is 1. The van der Waals surface area contributed by atoms with Gasteiger partial charge in [-0.3, -0.25) is 4.79 Å². The summed E-state index contributed by atoms with van der Waals surface area (Å²) in [6.07, 6.45) is 0. The minimum atomic E-state index is -0.133. The van der Waals surface area contributed by atoms with Crippen molar-refractivity contribution in [3.63, 3.8) is 0 Å². The molecule has 0 aliphatic heterocycles. The van der Waals surface area contributed by atoms with Crippen LogP contribution < -0.4 is 5.32 Å². The highest BCUT2D eigenvalue weighted by molar-refractivity contribution is 8.00. The van der Waals surface area contributed by atoms with E-state index in [4.69, 9.17) is 0 Å². The summed E-state index contributed by atoms with van der Waals surface area (Å²) in [7, 11) is 0. The summed E-state index contributed by atoms with van der Waals surface area (Å²) in [5.74, 6) is 0.0364. The van der Waals surface area contributed by atoms with Gasteiger partial charge in [0.15, 0.2) is 0 Å². The van der Waals surface area contributed by atoms with Gasteiger partial charge in [0, 0.05) is 10.6 Å². The SMILES string of the molecule is Cc1ccc(SC(C)C(=O)Nc2ccccc2C)c(C)c1. The molecule has 0 saturated heterocycles. The molecule has 0 heterocycles. The standard InChI is InChI=1S/C18H21NOS/c1-12-9-10-17(14(3)11-12)21-15(4)18(20)19-16-8-6-5-7-13(16)2/h5-11,15H,1-4H3,(H,19,20). The molecule has 1 amide bonds. The first kappa shape index (κ1) is 15.6. The van der Waals surface area contributed by atoms with Crippen molar-refractivity contribution >= 4 is 23.4 Å². The lowest BCUT2D eigenvalue weighted by Gasteiger charge is -2.15. The average molecular weight is 299 g/mol. The maximum atomic E-state index is 12.3. The molecule has 1 unspecified atom stereocenters. The van der Waals surface area contributed by atoms with Gasteiger partial charge in [0.1, 0.15) is 0 Å². The number of nitrogens with one attached hydrogen (secondary N) is 1. The van der Waals surface area contributed by atoms with E-state index in [0.717, 1.165) is 16.1 Å². The molecule has 1 N–H and O–H groups in total. The van der Waals surface area contributed by atoms with Gasteiger partial charge in [-0.1, -0.05) is 35.9 Å². The quantitative estimate of drug-likeness (QED) is 0.827. The van der Waals surface area contributed by atoms with E-state index in [1.807, 2.05) is 38.1 Å². The summed E-state index contributed by atoms with van der Waals surface area (Å²) >= 11 is 1.60. The van der Waals surface area contributed by atoms with Crippen LogP contribution in [0.25, 0.3) is 0 Å². The molecule has 0 bridgehead atoms. The summed E-state index contributed by atoms with van der Waals surface area (Å²) in [5, 5.41) is 2.87. The Hall–Kier alpha value is -1.74. The zero-order valence-corrected chi connectivity index (χ0v) is 13.8. The highest BCUT2D eigenvalue weighted by atomic mass is 32.2. The number of para-hydroxylation sites is 1. The van der Waals surface area contributed by atoms with Gasteiger partial charge in [-0.15, -0.1) is 11.8 Å². The van der Waals surface area contributed by atoms with Crippen molar-refractivity contribution in [1.29, 1.82) is 0 Å². The van der Waals surface area contributed by atoms with E-state index in [0.29, 0.717) is 0 Å². The van der Waals surface area contributed by atoms with Crippen LogP contribution in [0.3, 0.4) is 0 Å².